The van der Waals surface area contributed by atoms with Crippen molar-refractivity contribution in [3.05, 3.63) is 23.4 Å². The minimum Gasteiger partial charge on any atom is -0.395 e. The highest BCUT2D eigenvalue weighted by Gasteiger charge is 2.10. The highest BCUT2D eigenvalue weighted by molar-refractivity contribution is 7.99. The van der Waals surface area contributed by atoms with Crippen molar-refractivity contribution in [2.75, 3.05) is 12.4 Å². The Morgan fingerprint density at radius 1 is 1.56 bits per heavy atom. The molecule has 16 heavy (non-hydrogen) atoms. The van der Waals surface area contributed by atoms with Crippen molar-refractivity contribution in [3.63, 3.8) is 0 Å². The number of rotatable bonds is 6. The summed E-state index contributed by atoms with van der Waals surface area (Å²) in [5.41, 5.74) is 0. The molecule has 0 saturated carbocycles. The number of thioether (sulfide) groups is 1. The molecule has 0 amide bonds. The highest BCUT2D eigenvalue weighted by atomic mass is 35.5. The van der Waals surface area contributed by atoms with Crippen LogP contribution >= 0.6 is 23.4 Å². The maximum absolute atomic E-state index is 9.19. The van der Waals surface area contributed by atoms with Gasteiger partial charge in [-0.25, -0.2) is 4.98 Å². The Labute approximate surface area is 106 Å². The number of hydrogen-bond acceptors (Lipinski definition) is 4. The Morgan fingerprint density at radius 3 is 2.88 bits per heavy atom. The van der Waals surface area contributed by atoms with Gasteiger partial charge < -0.3 is 10.4 Å². The number of pyridine rings is 1. The van der Waals surface area contributed by atoms with E-state index in [9.17, 15) is 5.11 Å². The van der Waals surface area contributed by atoms with Crippen molar-refractivity contribution >= 4 is 23.4 Å². The Morgan fingerprint density at radius 2 is 2.31 bits per heavy atom. The van der Waals surface area contributed by atoms with E-state index in [1.807, 2.05) is 12.1 Å². The summed E-state index contributed by atoms with van der Waals surface area (Å²) in [5, 5.41) is 13.9. The first kappa shape index (κ1) is 13.8. The van der Waals surface area contributed by atoms with Crippen LogP contribution in [0.5, 0.6) is 0 Å². The van der Waals surface area contributed by atoms with Crippen molar-refractivity contribution in [2.24, 2.45) is 0 Å². The maximum Gasteiger partial charge on any atom is 0.115 e. The first-order valence-corrected chi connectivity index (χ1v) is 6.60. The van der Waals surface area contributed by atoms with E-state index in [1.54, 1.807) is 18.0 Å². The minimum absolute atomic E-state index is 0.0723. The minimum atomic E-state index is 0.0723. The van der Waals surface area contributed by atoms with Crippen molar-refractivity contribution in [1.29, 1.82) is 0 Å². The zero-order valence-corrected chi connectivity index (χ0v) is 11.1. The summed E-state index contributed by atoms with van der Waals surface area (Å²) in [5.74, 6) is 0.755. The molecule has 0 aliphatic heterocycles. The van der Waals surface area contributed by atoms with Gasteiger partial charge in [-0.3, -0.25) is 0 Å². The summed E-state index contributed by atoms with van der Waals surface area (Å²) in [6, 6.07) is 4.06. The standard InChI is InChI=1S/C11H17ClN2OS/c1-8(2)14-9(6-15)7-16-11-10(12)4-3-5-13-11/h3-5,8-9,14-15H,6-7H2,1-2H3. The Hall–Kier alpha value is -0.290. The van der Waals surface area contributed by atoms with Crippen LogP contribution in [0.1, 0.15) is 13.8 Å². The average molecular weight is 261 g/mol. The molecule has 3 nitrogen and oxygen atoms in total. The second kappa shape index (κ2) is 7.12. The fraction of sp³-hybridized carbons (Fsp3) is 0.545. The lowest BCUT2D eigenvalue weighted by molar-refractivity contribution is 0.247. The van der Waals surface area contributed by atoms with Crippen LogP contribution in [-0.2, 0) is 0 Å². The Balaban J connectivity index is 2.46. The second-order valence-corrected chi connectivity index (χ2v) is 5.22. The SMILES string of the molecule is CC(C)NC(CO)CSc1ncccc1Cl. The number of aromatic nitrogens is 1. The lowest BCUT2D eigenvalue weighted by Crippen LogP contribution is -2.39. The summed E-state index contributed by atoms with van der Waals surface area (Å²) in [7, 11) is 0. The van der Waals surface area contributed by atoms with Gasteiger partial charge in [0.2, 0.25) is 0 Å². The molecule has 1 unspecified atom stereocenters. The first-order valence-electron chi connectivity index (χ1n) is 5.23. The van der Waals surface area contributed by atoms with Crippen LogP contribution in [0.2, 0.25) is 5.02 Å². The molecule has 0 fully saturated rings. The highest BCUT2D eigenvalue weighted by Crippen LogP contribution is 2.24. The number of nitrogens with one attached hydrogen (secondary N) is 1. The smallest absolute Gasteiger partial charge is 0.115 e. The molecule has 1 aromatic heterocycles. The van der Waals surface area contributed by atoms with Gasteiger partial charge in [-0.05, 0) is 12.1 Å². The van der Waals surface area contributed by atoms with E-state index in [1.165, 1.54) is 0 Å². The molecule has 5 heteroatoms. The monoisotopic (exact) mass is 260 g/mol. The number of aliphatic hydroxyl groups is 1. The maximum atomic E-state index is 9.19. The Bertz CT molecular complexity index is 323. The predicted octanol–water partition coefficient (Wildman–Crippen LogP) is 2.19. The topological polar surface area (TPSA) is 45.1 Å². The van der Waals surface area contributed by atoms with Gasteiger partial charge in [-0.15, -0.1) is 11.8 Å². The summed E-state index contributed by atoms with van der Waals surface area (Å²) < 4.78 is 0. The van der Waals surface area contributed by atoms with Gasteiger partial charge in [0.15, 0.2) is 0 Å². The molecule has 2 N–H and O–H groups in total. The van der Waals surface area contributed by atoms with Crippen molar-refractivity contribution < 1.29 is 5.11 Å². The fourth-order valence-corrected chi connectivity index (χ4v) is 2.47. The predicted molar refractivity (Wildman–Crippen MR) is 69.1 cm³/mol. The third-order valence-corrected chi connectivity index (χ3v) is 3.52. The Kier molecular flexibility index (Phi) is 6.13. The molecule has 0 aliphatic rings. The number of hydrogen-bond donors (Lipinski definition) is 2. The van der Waals surface area contributed by atoms with E-state index in [4.69, 9.17) is 11.6 Å². The van der Waals surface area contributed by atoms with E-state index in [0.29, 0.717) is 11.1 Å². The van der Waals surface area contributed by atoms with E-state index < -0.39 is 0 Å². The fourth-order valence-electron chi connectivity index (χ4n) is 1.28. The van der Waals surface area contributed by atoms with Gasteiger partial charge in [0, 0.05) is 24.0 Å². The quantitative estimate of drug-likeness (QED) is 0.770. The van der Waals surface area contributed by atoms with Gasteiger partial charge in [0.25, 0.3) is 0 Å². The summed E-state index contributed by atoms with van der Waals surface area (Å²) in [4.78, 5) is 4.19. The van der Waals surface area contributed by atoms with Crippen LogP contribution in [0.15, 0.2) is 23.4 Å². The van der Waals surface area contributed by atoms with E-state index in [-0.39, 0.29) is 12.6 Å². The molecule has 1 heterocycles. The van der Waals surface area contributed by atoms with Crippen LogP contribution in [0.3, 0.4) is 0 Å². The van der Waals surface area contributed by atoms with E-state index in [0.717, 1.165) is 10.8 Å². The van der Waals surface area contributed by atoms with E-state index >= 15 is 0 Å². The first-order chi connectivity index (χ1) is 7.63. The third-order valence-electron chi connectivity index (χ3n) is 1.94. The van der Waals surface area contributed by atoms with Crippen LogP contribution < -0.4 is 5.32 Å². The third kappa shape index (κ3) is 4.70. The molecule has 0 aromatic carbocycles. The van der Waals surface area contributed by atoms with Gasteiger partial charge in [-0.1, -0.05) is 25.4 Å². The van der Waals surface area contributed by atoms with Gasteiger partial charge in [-0.2, -0.15) is 0 Å². The zero-order chi connectivity index (χ0) is 12.0. The summed E-state index contributed by atoms with van der Waals surface area (Å²) in [6.45, 7) is 4.23. The molecule has 1 aromatic rings. The zero-order valence-electron chi connectivity index (χ0n) is 9.48. The molecule has 0 bridgehead atoms. The molecule has 0 radical (unpaired) electrons. The van der Waals surface area contributed by atoms with Crippen LogP contribution in [0.4, 0.5) is 0 Å². The van der Waals surface area contributed by atoms with Gasteiger partial charge in [0.05, 0.1) is 11.6 Å². The molecular weight excluding hydrogens is 244 g/mol. The van der Waals surface area contributed by atoms with E-state index in [2.05, 4.69) is 24.1 Å². The lowest BCUT2D eigenvalue weighted by atomic mass is 10.3. The second-order valence-electron chi connectivity index (χ2n) is 3.80. The van der Waals surface area contributed by atoms with Crippen molar-refractivity contribution in [3.8, 4) is 0 Å². The van der Waals surface area contributed by atoms with Crippen molar-refractivity contribution in [2.45, 2.75) is 31.0 Å². The molecule has 0 spiro atoms. The lowest BCUT2D eigenvalue weighted by Gasteiger charge is -2.18. The van der Waals surface area contributed by atoms with Crippen molar-refractivity contribution in [1.82, 2.24) is 10.3 Å². The number of aliphatic hydroxyl groups excluding tert-OH is 1. The molecule has 0 saturated heterocycles. The molecule has 1 rings (SSSR count). The molecule has 90 valence electrons. The molecule has 0 aliphatic carbocycles. The van der Waals surface area contributed by atoms with Gasteiger partial charge in [0.1, 0.15) is 5.03 Å². The largest absolute Gasteiger partial charge is 0.395 e. The average Bonchev–Trinajstić information content (AvgIpc) is 2.25. The summed E-state index contributed by atoms with van der Waals surface area (Å²) in [6.07, 6.45) is 1.72. The number of nitrogens with zero attached hydrogens (tertiary/aromatic N) is 1. The summed E-state index contributed by atoms with van der Waals surface area (Å²) >= 11 is 7.55. The van der Waals surface area contributed by atoms with Crippen LogP contribution in [0.25, 0.3) is 0 Å². The normalized spacial score (nSPS) is 13.1. The molecule has 1 atom stereocenters. The molecular formula is C11H17ClN2OS. The number of halogens is 1. The van der Waals surface area contributed by atoms with Crippen LogP contribution in [-0.4, -0.2) is 34.5 Å². The van der Waals surface area contributed by atoms with Crippen LogP contribution in [0, 0.1) is 0 Å². The van der Waals surface area contributed by atoms with Gasteiger partial charge >= 0.3 is 0 Å².